The average molecular weight is 132 g/mol. The van der Waals surface area contributed by atoms with Crippen molar-refractivity contribution in [2.24, 2.45) is 0 Å². The van der Waals surface area contributed by atoms with Crippen LogP contribution in [-0.4, -0.2) is 0 Å². The molecule has 0 aromatic heterocycles. The van der Waals surface area contributed by atoms with Crippen molar-refractivity contribution in [2.75, 3.05) is 0 Å². The van der Waals surface area contributed by atoms with Crippen LogP contribution in [0.2, 0.25) is 0 Å². The first kappa shape index (κ1) is 5.54. The summed E-state index contributed by atoms with van der Waals surface area (Å²) in [4.78, 5) is 0. The van der Waals surface area contributed by atoms with Crippen LogP contribution in [0.4, 0.5) is 0 Å². The monoisotopic (exact) mass is 132 g/mol. The Bertz CT molecular complexity index is 254. The average Bonchev–Trinajstić information content (AvgIpc) is 2.05. The second-order valence-electron chi connectivity index (χ2n) is 2.34. The molecule has 0 aromatic rings. The molecule has 2 aliphatic rings. The maximum Gasteiger partial charge on any atom is 0.0942 e. The molecule has 2 rings (SSSR count). The summed E-state index contributed by atoms with van der Waals surface area (Å²) in [6, 6.07) is 0. The maximum atomic E-state index is 5.02. The van der Waals surface area contributed by atoms with Gasteiger partial charge in [0.15, 0.2) is 0 Å². The highest BCUT2D eigenvalue weighted by atomic mass is 16.5. The summed E-state index contributed by atoms with van der Waals surface area (Å²) in [7, 11) is 0. The molecule has 0 spiro atoms. The molecule has 0 amide bonds. The molecule has 0 atom stereocenters. The SMILES string of the molecule is C1=CCC2=COC=CC2=C1. The Labute approximate surface area is 60.0 Å². The van der Waals surface area contributed by atoms with Crippen molar-refractivity contribution < 1.29 is 4.74 Å². The molecule has 1 aliphatic heterocycles. The third-order valence-corrected chi connectivity index (χ3v) is 1.66. The molecule has 0 saturated heterocycles. The van der Waals surface area contributed by atoms with Gasteiger partial charge in [-0.2, -0.15) is 0 Å². The highest BCUT2D eigenvalue weighted by molar-refractivity contribution is 5.46. The molecule has 0 N–H and O–H groups in total. The number of rotatable bonds is 0. The van der Waals surface area contributed by atoms with Crippen molar-refractivity contribution >= 4 is 0 Å². The van der Waals surface area contributed by atoms with Crippen molar-refractivity contribution in [3.8, 4) is 0 Å². The highest BCUT2D eigenvalue weighted by Gasteiger charge is 2.06. The number of allylic oxidation sites excluding steroid dienone is 6. The van der Waals surface area contributed by atoms with E-state index >= 15 is 0 Å². The lowest BCUT2D eigenvalue weighted by molar-refractivity contribution is 0.392. The Morgan fingerprint density at radius 3 is 3.30 bits per heavy atom. The van der Waals surface area contributed by atoms with Gasteiger partial charge in [-0.1, -0.05) is 18.2 Å². The third kappa shape index (κ3) is 0.798. The maximum absolute atomic E-state index is 5.02. The number of fused-ring (bicyclic) bond motifs is 1. The van der Waals surface area contributed by atoms with E-state index in [1.807, 2.05) is 6.08 Å². The minimum Gasteiger partial charge on any atom is -0.472 e. The first-order chi connectivity index (χ1) is 4.97. The molecular weight excluding hydrogens is 124 g/mol. The summed E-state index contributed by atoms with van der Waals surface area (Å²) in [6.45, 7) is 0. The van der Waals surface area contributed by atoms with E-state index in [1.165, 1.54) is 11.1 Å². The second kappa shape index (κ2) is 2.18. The van der Waals surface area contributed by atoms with Crippen molar-refractivity contribution in [2.45, 2.75) is 6.42 Å². The summed E-state index contributed by atoms with van der Waals surface area (Å²) in [5.41, 5.74) is 2.54. The molecule has 1 aliphatic carbocycles. The Morgan fingerprint density at radius 1 is 1.40 bits per heavy atom. The quantitative estimate of drug-likeness (QED) is 0.491. The third-order valence-electron chi connectivity index (χ3n) is 1.66. The van der Waals surface area contributed by atoms with E-state index in [0.717, 1.165) is 6.42 Å². The van der Waals surface area contributed by atoms with Crippen LogP contribution in [-0.2, 0) is 4.74 Å². The molecule has 0 bridgehead atoms. The molecule has 1 heteroatoms. The van der Waals surface area contributed by atoms with Gasteiger partial charge in [0.25, 0.3) is 0 Å². The highest BCUT2D eigenvalue weighted by Crippen LogP contribution is 2.23. The van der Waals surface area contributed by atoms with Crippen LogP contribution in [0.3, 0.4) is 0 Å². The van der Waals surface area contributed by atoms with Crippen molar-refractivity contribution in [3.05, 3.63) is 48.0 Å². The van der Waals surface area contributed by atoms with Gasteiger partial charge in [0.05, 0.1) is 12.5 Å². The summed E-state index contributed by atoms with van der Waals surface area (Å²) >= 11 is 0. The van der Waals surface area contributed by atoms with Gasteiger partial charge in [0, 0.05) is 0 Å². The molecule has 1 nitrogen and oxygen atoms in total. The fraction of sp³-hybridized carbons (Fsp3) is 0.111. The topological polar surface area (TPSA) is 9.23 Å². The van der Waals surface area contributed by atoms with E-state index < -0.39 is 0 Å². The lowest BCUT2D eigenvalue weighted by atomic mass is 9.99. The molecule has 0 unspecified atom stereocenters. The van der Waals surface area contributed by atoms with Crippen LogP contribution in [0.15, 0.2) is 48.0 Å². The van der Waals surface area contributed by atoms with Crippen molar-refractivity contribution in [1.82, 2.24) is 0 Å². The van der Waals surface area contributed by atoms with E-state index in [-0.39, 0.29) is 0 Å². The Kier molecular flexibility index (Phi) is 1.21. The van der Waals surface area contributed by atoms with E-state index in [4.69, 9.17) is 4.74 Å². The standard InChI is InChI=1S/C9H8O/c1-2-4-9-7-10-6-5-8(9)3-1/h1-3,5-7H,4H2. The van der Waals surface area contributed by atoms with Gasteiger partial charge in [-0.3, -0.25) is 0 Å². The Hall–Kier alpha value is -1.24. The number of ether oxygens (including phenoxy) is 1. The van der Waals surface area contributed by atoms with Gasteiger partial charge in [-0.15, -0.1) is 0 Å². The second-order valence-corrected chi connectivity index (χ2v) is 2.34. The van der Waals surface area contributed by atoms with Crippen molar-refractivity contribution in [3.63, 3.8) is 0 Å². The van der Waals surface area contributed by atoms with E-state index in [0.29, 0.717) is 0 Å². The zero-order chi connectivity index (χ0) is 6.81. The lowest BCUT2D eigenvalue weighted by Crippen LogP contribution is -1.94. The molecule has 0 fully saturated rings. The zero-order valence-electron chi connectivity index (χ0n) is 5.58. The summed E-state index contributed by atoms with van der Waals surface area (Å²) in [5.74, 6) is 0. The van der Waals surface area contributed by atoms with Crippen LogP contribution in [0, 0.1) is 0 Å². The first-order valence-corrected chi connectivity index (χ1v) is 3.35. The summed E-state index contributed by atoms with van der Waals surface area (Å²) in [5, 5.41) is 0. The Morgan fingerprint density at radius 2 is 2.40 bits per heavy atom. The number of hydrogen-bond acceptors (Lipinski definition) is 1. The van der Waals surface area contributed by atoms with E-state index in [2.05, 4.69) is 18.2 Å². The molecule has 0 saturated carbocycles. The predicted octanol–water partition coefficient (Wildman–Crippen LogP) is 2.30. The van der Waals surface area contributed by atoms with Gasteiger partial charge in [-0.05, 0) is 23.6 Å². The Balaban J connectivity index is 2.39. The molecular formula is C9H8O. The molecule has 1 heterocycles. The lowest BCUT2D eigenvalue weighted by Gasteiger charge is -2.12. The molecule has 10 heavy (non-hydrogen) atoms. The van der Waals surface area contributed by atoms with Gasteiger partial charge in [0.1, 0.15) is 0 Å². The first-order valence-electron chi connectivity index (χ1n) is 3.35. The van der Waals surface area contributed by atoms with Crippen LogP contribution < -0.4 is 0 Å². The van der Waals surface area contributed by atoms with Crippen LogP contribution in [0.5, 0.6) is 0 Å². The van der Waals surface area contributed by atoms with Crippen LogP contribution in [0.1, 0.15) is 6.42 Å². The zero-order valence-corrected chi connectivity index (χ0v) is 5.58. The fourth-order valence-corrected chi connectivity index (χ4v) is 1.10. The van der Waals surface area contributed by atoms with Gasteiger partial charge in [-0.25, -0.2) is 0 Å². The number of hydrogen-bond donors (Lipinski definition) is 0. The summed E-state index contributed by atoms with van der Waals surface area (Å²) in [6.07, 6.45) is 12.8. The van der Waals surface area contributed by atoms with Crippen LogP contribution >= 0.6 is 0 Å². The normalized spacial score (nSPS) is 20.8. The van der Waals surface area contributed by atoms with Gasteiger partial charge < -0.3 is 4.74 Å². The molecule has 50 valence electrons. The minimum absolute atomic E-state index is 0.996. The van der Waals surface area contributed by atoms with E-state index in [1.54, 1.807) is 12.5 Å². The van der Waals surface area contributed by atoms with Gasteiger partial charge in [0.2, 0.25) is 0 Å². The molecule has 0 aromatic carbocycles. The van der Waals surface area contributed by atoms with Crippen LogP contribution in [0.25, 0.3) is 0 Å². The largest absolute Gasteiger partial charge is 0.472 e. The minimum atomic E-state index is 0.996. The van der Waals surface area contributed by atoms with E-state index in [9.17, 15) is 0 Å². The van der Waals surface area contributed by atoms with Gasteiger partial charge >= 0.3 is 0 Å². The van der Waals surface area contributed by atoms with Crippen molar-refractivity contribution in [1.29, 1.82) is 0 Å². The fourth-order valence-electron chi connectivity index (χ4n) is 1.10. The smallest absolute Gasteiger partial charge is 0.0942 e. The molecule has 0 radical (unpaired) electrons. The summed E-state index contributed by atoms with van der Waals surface area (Å²) < 4.78 is 5.02. The predicted molar refractivity (Wildman–Crippen MR) is 40.1 cm³/mol.